The lowest BCUT2D eigenvalue weighted by Gasteiger charge is -2.05. The van der Waals surface area contributed by atoms with Gasteiger partial charge in [0.05, 0.1) is 13.2 Å². The second kappa shape index (κ2) is 7.57. The molecule has 0 spiro atoms. The van der Waals surface area contributed by atoms with Crippen LogP contribution < -0.4 is 5.32 Å². The lowest BCUT2D eigenvalue weighted by atomic mass is 10.3. The fourth-order valence-corrected chi connectivity index (χ4v) is 0.728. The molecule has 3 N–H and O–H groups in total. The van der Waals surface area contributed by atoms with Crippen molar-refractivity contribution in [1.82, 2.24) is 5.32 Å². The SMILES string of the molecule is CCCC=C(CO)NCCO. The van der Waals surface area contributed by atoms with Crippen molar-refractivity contribution in [3.05, 3.63) is 11.8 Å². The Hall–Kier alpha value is -0.540. The lowest BCUT2D eigenvalue weighted by Crippen LogP contribution is -2.19. The van der Waals surface area contributed by atoms with Crippen molar-refractivity contribution >= 4 is 0 Å². The lowest BCUT2D eigenvalue weighted by molar-refractivity contribution is 0.285. The van der Waals surface area contributed by atoms with Crippen LogP contribution in [0.4, 0.5) is 0 Å². The van der Waals surface area contributed by atoms with Crippen LogP contribution in [0.15, 0.2) is 11.8 Å². The van der Waals surface area contributed by atoms with E-state index in [1.54, 1.807) is 0 Å². The van der Waals surface area contributed by atoms with E-state index in [1.807, 2.05) is 6.08 Å². The summed E-state index contributed by atoms with van der Waals surface area (Å²) >= 11 is 0. The highest BCUT2D eigenvalue weighted by molar-refractivity contribution is 4.99. The molecule has 0 radical (unpaired) electrons. The maximum atomic E-state index is 8.77. The van der Waals surface area contributed by atoms with E-state index in [4.69, 9.17) is 10.2 Å². The molecular formula is C8H17NO2. The summed E-state index contributed by atoms with van der Waals surface area (Å²) in [4.78, 5) is 0. The molecule has 0 unspecified atom stereocenters. The van der Waals surface area contributed by atoms with Crippen molar-refractivity contribution in [2.75, 3.05) is 19.8 Å². The van der Waals surface area contributed by atoms with Gasteiger partial charge in [0.1, 0.15) is 0 Å². The fraction of sp³-hybridized carbons (Fsp3) is 0.750. The predicted octanol–water partition coefficient (Wildman–Crippen LogP) is 0.245. The maximum Gasteiger partial charge on any atom is 0.0824 e. The van der Waals surface area contributed by atoms with E-state index < -0.39 is 0 Å². The molecule has 0 amide bonds. The Morgan fingerprint density at radius 3 is 2.64 bits per heavy atom. The van der Waals surface area contributed by atoms with Crippen molar-refractivity contribution in [1.29, 1.82) is 0 Å². The number of nitrogens with one attached hydrogen (secondary N) is 1. The van der Waals surface area contributed by atoms with Gasteiger partial charge in [-0.3, -0.25) is 0 Å². The normalized spacial score (nSPS) is 11.7. The van der Waals surface area contributed by atoms with Crippen molar-refractivity contribution < 1.29 is 10.2 Å². The standard InChI is InChI=1S/C8H17NO2/c1-2-3-4-8(7-11)9-5-6-10/h4,9-11H,2-3,5-7H2,1H3. The molecule has 3 heteroatoms. The van der Waals surface area contributed by atoms with Gasteiger partial charge < -0.3 is 15.5 Å². The van der Waals surface area contributed by atoms with E-state index in [2.05, 4.69) is 12.2 Å². The van der Waals surface area contributed by atoms with E-state index in [9.17, 15) is 0 Å². The molecule has 0 saturated heterocycles. The monoisotopic (exact) mass is 159 g/mol. The van der Waals surface area contributed by atoms with Gasteiger partial charge in [-0.2, -0.15) is 0 Å². The summed E-state index contributed by atoms with van der Waals surface area (Å²) in [6.45, 7) is 2.72. The first-order valence-corrected chi connectivity index (χ1v) is 3.99. The summed E-state index contributed by atoms with van der Waals surface area (Å²) in [5.74, 6) is 0. The molecule has 0 atom stereocenters. The average molecular weight is 159 g/mol. The summed E-state index contributed by atoms with van der Waals surface area (Å²) < 4.78 is 0. The van der Waals surface area contributed by atoms with Gasteiger partial charge in [-0.05, 0) is 6.42 Å². The molecule has 0 aromatic carbocycles. The summed E-state index contributed by atoms with van der Waals surface area (Å²) in [7, 11) is 0. The third-order valence-corrected chi connectivity index (χ3v) is 1.31. The van der Waals surface area contributed by atoms with Crippen LogP contribution in [0.25, 0.3) is 0 Å². The van der Waals surface area contributed by atoms with E-state index >= 15 is 0 Å². The van der Waals surface area contributed by atoms with Gasteiger partial charge in [0.15, 0.2) is 0 Å². The highest BCUT2D eigenvalue weighted by atomic mass is 16.3. The number of allylic oxidation sites excluding steroid dienone is 1. The number of aliphatic hydroxyl groups excluding tert-OH is 2. The van der Waals surface area contributed by atoms with Crippen LogP contribution >= 0.6 is 0 Å². The molecule has 3 nitrogen and oxygen atoms in total. The number of aliphatic hydroxyl groups is 2. The number of hydrogen-bond donors (Lipinski definition) is 3. The summed E-state index contributed by atoms with van der Waals surface area (Å²) in [6, 6.07) is 0. The minimum absolute atomic E-state index is 0.0278. The van der Waals surface area contributed by atoms with Gasteiger partial charge in [0, 0.05) is 12.2 Å². The molecule has 0 aliphatic rings. The Balaban J connectivity index is 3.55. The maximum absolute atomic E-state index is 8.77. The molecule has 0 rings (SSSR count). The molecule has 0 aromatic heterocycles. The molecule has 66 valence electrons. The van der Waals surface area contributed by atoms with Crippen LogP contribution in [0, 0.1) is 0 Å². The molecular weight excluding hydrogens is 142 g/mol. The molecule has 0 aliphatic carbocycles. The highest BCUT2D eigenvalue weighted by Crippen LogP contribution is 1.93. The zero-order chi connectivity index (χ0) is 8.53. The molecule has 0 saturated carbocycles. The first-order chi connectivity index (χ1) is 5.35. The van der Waals surface area contributed by atoms with Crippen molar-refractivity contribution in [3.8, 4) is 0 Å². The molecule has 11 heavy (non-hydrogen) atoms. The molecule has 0 aromatic rings. The van der Waals surface area contributed by atoms with Gasteiger partial charge in [0.25, 0.3) is 0 Å². The van der Waals surface area contributed by atoms with Gasteiger partial charge in [-0.15, -0.1) is 0 Å². The van der Waals surface area contributed by atoms with Crippen molar-refractivity contribution in [2.45, 2.75) is 19.8 Å². The zero-order valence-electron chi connectivity index (χ0n) is 7.01. The first-order valence-electron chi connectivity index (χ1n) is 3.99. The Morgan fingerprint density at radius 1 is 1.45 bits per heavy atom. The third-order valence-electron chi connectivity index (χ3n) is 1.31. The second-order valence-electron chi connectivity index (χ2n) is 2.33. The minimum atomic E-state index is 0.0278. The van der Waals surface area contributed by atoms with Crippen molar-refractivity contribution in [3.63, 3.8) is 0 Å². The van der Waals surface area contributed by atoms with Gasteiger partial charge in [-0.1, -0.05) is 19.4 Å². The molecule has 0 fully saturated rings. The predicted molar refractivity (Wildman–Crippen MR) is 45.2 cm³/mol. The van der Waals surface area contributed by atoms with Gasteiger partial charge >= 0.3 is 0 Å². The van der Waals surface area contributed by atoms with Crippen LogP contribution in [0.5, 0.6) is 0 Å². The van der Waals surface area contributed by atoms with Gasteiger partial charge in [0.2, 0.25) is 0 Å². The van der Waals surface area contributed by atoms with E-state index in [1.165, 1.54) is 0 Å². The van der Waals surface area contributed by atoms with Gasteiger partial charge in [-0.25, -0.2) is 0 Å². The largest absolute Gasteiger partial charge is 0.395 e. The van der Waals surface area contributed by atoms with E-state index in [-0.39, 0.29) is 13.2 Å². The number of unbranched alkanes of at least 4 members (excludes halogenated alkanes) is 1. The Morgan fingerprint density at radius 2 is 2.18 bits per heavy atom. The summed E-state index contributed by atoms with van der Waals surface area (Å²) in [5, 5.41) is 20.1. The number of rotatable bonds is 6. The van der Waals surface area contributed by atoms with Crippen LogP contribution in [0.1, 0.15) is 19.8 Å². The third kappa shape index (κ3) is 5.88. The van der Waals surface area contributed by atoms with Crippen LogP contribution in [0.2, 0.25) is 0 Å². The summed E-state index contributed by atoms with van der Waals surface area (Å²) in [5.41, 5.74) is 0.806. The number of hydrogen-bond acceptors (Lipinski definition) is 3. The smallest absolute Gasteiger partial charge is 0.0824 e. The van der Waals surface area contributed by atoms with Crippen LogP contribution in [0.3, 0.4) is 0 Å². The van der Waals surface area contributed by atoms with E-state index in [0.29, 0.717) is 6.54 Å². The van der Waals surface area contributed by atoms with Crippen LogP contribution in [-0.4, -0.2) is 30.0 Å². The fourth-order valence-electron chi connectivity index (χ4n) is 0.728. The Labute approximate surface area is 67.7 Å². The topological polar surface area (TPSA) is 52.5 Å². The first kappa shape index (κ1) is 10.5. The Kier molecular flexibility index (Phi) is 7.19. The second-order valence-corrected chi connectivity index (χ2v) is 2.33. The molecule has 0 heterocycles. The Bertz CT molecular complexity index is 113. The van der Waals surface area contributed by atoms with Crippen molar-refractivity contribution in [2.24, 2.45) is 0 Å². The quantitative estimate of drug-likeness (QED) is 0.520. The summed E-state index contributed by atoms with van der Waals surface area (Å²) in [6.07, 6.45) is 3.99. The minimum Gasteiger partial charge on any atom is -0.395 e. The molecule has 0 bridgehead atoms. The zero-order valence-corrected chi connectivity index (χ0v) is 7.01. The molecule has 0 aliphatic heterocycles. The van der Waals surface area contributed by atoms with Crippen LogP contribution in [-0.2, 0) is 0 Å². The van der Waals surface area contributed by atoms with E-state index in [0.717, 1.165) is 18.5 Å². The average Bonchev–Trinajstić information content (AvgIpc) is 2.05. The highest BCUT2D eigenvalue weighted by Gasteiger charge is 1.90.